The number of nitrogens with zero attached hydrogens (tertiary/aromatic N) is 5. The Hall–Kier alpha value is -2.27. The van der Waals surface area contributed by atoms with Crippen LogP contribution in [0.5, 0.6) is 0 Å². The van der Waals surface area contributed by atoms with E-state index in [1.54, 1.807) is 4.52 Å². The van der Waals surface area contributed by atoms with Gasteiger partial charge in [-0.1, -0.05) is 24.3 Å². The van der Waals surface area contributed by atoms with E-state index < -0.39 is 0 Å². The second kappa shape index (κ2) is 5.50. The van der Waals surface area contributed by atoms with Crippen molar-refractivity contribution in [2.75, 3.05) is 13.1 Å². The van der Waals surface area contributed by atoms with Crippen LogP contribution >= 0.6 is 0 Å². The molecule has 5 nitrogen and oxygen atoms in total. The molecule has 1 atom stereocenters. The molecule has 1 aliphatic rings. The van der Waals surface area contributed by atoms with Crippen molar-refractivity contribution in [1.29, 1.82) is 0 Å². The summed E-state index contributed by atoms with van der Waals surface area (Å²) in [5.74, 6) is 0.628. The Balaban J connectivity index is 1.60. The predicted molar refractivity (Wildman–Crippen MR) is 85.4 cm³/mol. The lowest BCUT2D eigenvalue weighted by Crippen LogP contribution is -2.23. The minimum Gasteiger partial charge on any atom is -0.297 e. The van der Waals surface area contributed by atoms with Gasteiger partial charge in [0, 0.05) is 24.0 Å². The third-order valence-electron chi connectivity index (χ3n) is 4.55. The minimum absolute atomic E-state index is 0.493. The minimum atomic E-state index is 0.493. The molecule has 3 heterocycles. The van der Waals surface area contributed by atoms with Crippen molar-refractivity contribution in [3.63, 3.8) is 0 Å². The quantitative estimate of drug-likeness (QED) is 0.745. The van der Waals surface area contributed by atoms with Crippen LogP contribution in [-0.4, -0.2) is 37.6 Å². The lowest BCUT2D eigenvalue weighted by atomic mass is 10.0. The predicted octanol–water partition coefficient (Wildman–Crippen LogP) is 2.95. The maximum absolute atomic E-state index is 4.32. The monoisotopic (exact) mass is 293 g/mol. The highest BCUT2D eigenvalue weighted by atomic mass is 15.3. The number of benzene rings is 1. The number of likely N-dealkylation sites (tertiary alicyclic amines) is 1. The van der Waals surface area contributed by atoms with E-state index in [1.807, 2.05) is 12.4 Å². The van der Waals surface area contributed by atoms with Gasteiger partial charge in [-0.2, -0.15) is 10.1 Å². The fourth-order valence-electron chi connectivity index (χ4n) is 3.16. The van der Waals surface area contributed by atoms with Crippen molar-refractivity contribution < 1.29 is 0 Å². The molecular weight excluding hydrogens is 274 g/mol. The van der Waals surface area contributed by atoms with E-state index in [1.165, 1.54) is 37.8 Å². The largest absolute Gasteiger partial charge is 0.297 e. The van der Waals surface area contributed by atoms with Crippen LogP contribution in [-0.2, 0) is 0 Å². The lowest BCUT2D eigenvalue weighted by Gasteiger charge is -2.24. The Morgan fingerprint density at radius 1 is 1.00 bits per heavy atom. The van der Waals surface area contributed by atoms with Gasteiger partial charge < -0.3 is 0 Å². The first kappa shape index (κ1) is 13.4. The summed E-state index contributed by atoms with van der Waals surface area (Å²) in [6.07, 6.45) is 7.99. The van der Waals surface area contributed by atoms with Crippen molar-refractivity contribution in [3.05, 3.63) is 48.5 Å². The molecule has 0 N–H and O–H groups in total. The molecular formula is C17H19N5. The third-order valence-corrected chi connectivity index (χ3v) is 4.55. The summed E-state index contributed by atoms with van der Waals surface area (Å²) in [5, 5.41) is 4.14. The average Bonchev–Trinajstić information content (AvgIpc) is 3.25. The standard InChI is InChI=1S/C17H19N5/c1-13(21-8-2-3-9-21)14-4-6-15(7-5-14)16-10-18-17-19-12-20-22(17)11-16/h4-7,10-13H,2-3,8-9H2,1H3/t13-/m0/s1. The Morgan fingerprint density at radius 2 is 1.77 bits per heavy atom. The van der Waals surface area contributed by atoms with E-state index in [-0.39, 0.29) is 0 Å². The van der Waals surface area contributed by atoms with Gasteiger partial charge in [-0.15, -0.1) is 0 Å². The van der Waals surface area contributed by atoms with Crippen LogP contribution in [0.3, 0.4) is 0 Å². The Kier molecular flexibility index (Phi) is 3.35. The zero-order valence-electron chi connectivity index (χ0n) is 12.7. The SMILES string of the molecule is C[C@@H](c1ccc(-c2cnc3ncnn3c2)cc1)N1CCCC1. The molecule has 112 valence electrons. The number of hydrogen-bond donors (Lipinski definition) is 0. The van der Waals surface area contributed by atoms with E-state index in [9.17, 15) is 0 Å². The summed E-state index contributed by atoms with van der Waals surface area (Å²) in [6.45, 7) is 4.73. The number of aromatic nitrogens is 4. The van der Waals surface area contributed by atoms with Gasteiger partial charge in [-0.05, 0) is 44.0 Å². The second-order valence-electron chi connectivity index (χ2n) is 5.89. The van der Waals surface area contributed by atoms with Gasteiger partial charge in [0.2, 0.25) is 0 Å². The molecule has 4 rings (SSSR count). The van der Waals surface area contributed by atoms with Crippen LogP contribution in [0.25, 0.3) is 16.9 Å². The molecule has 3 aromatic rings. The van der Waals surface area contributed by atoms with Crippen LogP contribution in [0.15, 0.2) is 43.0 Å². The van der Waals surface area contributed by atoms with E-state index in [4.69, 9.17) is 0 Å². The van der Waals surface area contributed by atoms with Crippen LogP contribution in [0, 0.1) is 0 Å². The summed E-state index contributed by atoms with van der Waals surface area (Å²) in [4.78, 5) is 10.9. The molecule has 1 fully saturated rings. The van der Waals surface area contributed by atoms with Crippen molar-refractivity contribution in [2.24, 2.45) is 0 Å². The van der Waals surface area contributed by atoms with Gasteiger partial charge in [0.1, 0.15) is 6.33 Å². The Bertz CT molecular complexity index is 771. The Morgan fingerprint density at radius 3 is 2.55 bits per heavy atom. The zero-order valence-corrected chi connectivity index (χ0v) is 12.7. The van der Waals surface area contributed by atoms with Crippen LogP contribution < -0.4 is 0 Å². The normalized spacial score (nSPS) is 17.1. The fourth-order valence-corrected chi connectivity index (χ4v) is 3.16. The summed E-state index contributed by atoms with van der Waals surface area (Å²) in [6, 6.07) is 9.28. The highest BCUT2D eigenvalue weighted by Gasteiger charge is 2.19. The van der Waals surface area contributed by atoms with Crippen molar-refractivity contribution in [2.45, 2.75) is 25.8 Å². The highest BCUT2D eigenvalue weighted by Crippen LogP contribution is 2.26. The molecule has 0 amide bonds. The summed E-state index contributed by atoms with van der Waals surface area (Å²) in [7, 11) is 0. The molecule has 2 aromatic heterocycles. The first-order valence-electron chi connectivity index (χ1n) is 7.81. The molecule has 0 spiro atoms. The first-order chi connectivity index (χ1) is 10.8. The summed E-state index contributed by atoms with van der Waals surface area (Å²) < 4.78 is 1.70. The molecule has 5 heteroatoms. The third kappa shape index (κ3) is 2.37. The average molecular weight is 293 g/mol. The summed E-state index contributed by atoms with van der Waals surface area (Å²) >= 11 is 0. The van der Waals surface area contributed by atoms with Gasteiger partial charge in [0.05, 0.1) is 0 Å². The zero-order chi connectivity index (χ0) is 14.9. The maximum atomic E-state index is 4.32. The number of rotatable bonds is 3. The van der Waals surface area contributed by atoms with Crippen molar-refractivity contribution in [1.82, 2.24) is 24.5 Å². The van der Waals surface area contributed by atoms with E-state index in [0.29, 0.717) is 11.8 Å². The van der Waals surface area contributed by atoms with Gasteiger partial charge >= 0.3 is 0 Å². The van der Waals surface area contributed by atoms with Gasteiger partial charge in [-0.25, -0.2) is 9.50 Å². The maximum Gasteiger partial charge on any atom is 0.252 e. The smallest absolute Gasteiger partial charge is 0.252 e. The molecule has 0 saturated carbocycles. The fraction of sp³-hybridized carbons (Fsp3) is 0.353. The summed E-state index contributed by atoms with van der Waals surface area (Å²) in [5.41, 5.74) is 3.58. The molecule has 0 bridgehead atoms. The van der Waals surface area contributed by atoms with Crippen molar-refractivity contribution >= 4 is 5.78 Å². The molecule has 1 aromatic carbocycles. The van der Waals surface area contributed by atoms with Crippen LogP contribution in [0.4, 0.5) is 0 Å². The van der Waals surface area contributed by atoms with Crippen LogP contribution in [0.1, 0.15) is 31.4 Å². The molecule has 22 heavy (non-hydrogen) atoms. The molecule has 1 saturated heterocycles. The number of fused-ring (bicyclic) bond motifs is 1. The topological polar surface area (TPSA) is 46.3 Å². The highest BCUT2D eigenvalue weighted by molar-refractivity contribution is 5.62. The van der Waals surface area contributed by atoms with Gasteiger partial charge in [0.15, 0.2) is 0 Å². The van der Waals surface area contributed by atoms with Gasteiger partial charge in [-0.3, -0.25) is 4.90 Å². The Labute approximate surface area is 129 Å². The van der Waals surface area contributed by atoms with E-state index >= 15 is 0 Å². The van der Waals surface area contributed by atoms with Gasteiger partial charge in [0.25, 0.3) is 5.78 Å². The molecule has 0 unspecified atom stereocenters. The first-order valence-corrected chi connectivity index (χ1v) is 7.81. The van der Waals surface area contributed by atoms with Crippen LogP contribution in [0.2, 0.25) is 0 Å². The number of hydrogen-bond acceptors (Lipinski definition) is 4. The van der Waals surface area contributed by atoms with E-state index in [0.717, 1.165) is 11.1 Å². The van der Waals surface area contributed by atoms with Crippen molar-refractivity contribution in [3.8, 4) is 11.1 Å². The van der Waals surface area contributed by atoms with E-state index in [2.05, 4.69) is 51.2 Å². The molecule has 1 aliphatic heterocycles. The molecule has 0 aliphatic carbocycles. The molecule has 0 radical (unpaired) electrons. The second-order valence-corrected chi connectivity index (χ2v) is 5.89. The lowest BCUT2D eigenvalue weighted by molar-refractivity contribution is 0.263.